The lowest BCUT2D eigenvalue weighted by Crippen LogP contribution is -2.47. The van der Waals surface area contributed by atoms with Crippen LogP contribution in [0.15, 0.2) is 18.2 Å². The van der Waals surface area contributed by atoms with Gasteiger partial charge in [-0.15, -0.1) is 0 Å². The van der Waals surface area contributed by atoms with Crippen LogP contribution in [0, 0.1) is 0 Å². The third kappa shape index (κ3) is 2.21. The molecule has 2 aromatic rings. The van der Waals surface area contributed by atoms with Gasteiger partial charge in [-0.1, -0.05) is 19.1 Å². The summed E-state index contributed by atoms with van der Waals surface area (Å²) < 4.78 is 0. The van der Waals surface area contributed by atoms with Crippen molar-refractivity contribution in [3.05, 3.63) is 35.0 Å². The van der Waals surface area contributed by atoms with Crippen molar-refractivity contribution in [2.75, 3.05) is 19.3 Å². The van der Waals surface area contributed by atoms with Crippen molar-refractivity contribution < 1.29 is 0 Å². The SMILES string of the molecule is CCCN1CCC[C@H]2c3cccc4[nH]c(CSC)c(c34)C[C@H]21. The molecule has 3 heteroatoms. The number of nitrogens with zero attached hydrogens (tertiary/aromatic N) is 1. The number of hydrogen-bond donors (Lipinski definition) is 1. The molecule has 4 rings (SSSR count). The Morgan fingerprint density at radius 2 is 2.27 bits per heavy atom. The monoisotopic (exact) mass is 314 g/mol. The van der Waals surface area contributed by atoms with E-state index in [4.69, 9.17) is 0 Å². The first kappa shape index (κ1) is 14.6. The van der Waals surface area contributed by atoms with Crippen LogP contribution in [-0.2, 0) is 12.2 Å². The van der Waals surface area contributed by atoms with Crippen LogP contribution in [0.1, 0.15) is 48.9 Å². The van der Waals surface area contributed by atoms with Gasteiger partial charge in [0.2, 0.25) is 0 Å². The van der Waals surface area contributed by atoms with Crippen LogP contribution < -0.4 is 0 Å². The molecule has 0 bridgehead atoms. The predicted molar refractivity (Wildman–Crippen MR) is 96.8 cm³/mol. The molecule has 1 N–H and O–H groups in total. The molecule has 2 atom stereocenters. The number of piperidine rings is 1. The van der Waals surface area contributed by atoms with Crippen molar-refractivity contribution in [2.24, 2.45) is 0 Å². The van der Waals surface area contributed by atoms with Crippen LogP contribution in [0.5, 0.6) is 0 Å². The highest BCUT2D eigenvalue weighted by Gasteiger charge is 2.37. The number of hydrogen-bond acceptors (Lipinski definition) is 2. The van der Waals surface area contributed by atoms with E-state index >= 15 is 0 Å². The minimum atomic E-state index is 0.725. The summed E-state index contributed by atoms with van der Waals surface area (Å²) in [5.41, 5.74) is 6.07. The molecular formula is C19H26N2S. The van der Waals surface area contributed by atoms with Crippen LogP contribution in [0.2, 0.25) is 0 Å². The Balaban J connectivity index is 1.83. The first-order valence-electron chi connectivity index (χ1n) is 8.68. The van der Waals surface area contributed by atoms with Gasteiger partial charge in [0.05, 0.1) is 0 Å². The molecule has 1 aliphatic heterocycles. The molecule has 2 heterocycles. The van der Waals surface area contributed by atoms with E-state index in [2.05, 4.69) is 41.3 Å². The summed E-state index contributed by atoms with van der Waals surface area (Å²) in [6.07, 6.45) is 7.44. The Morgan fingerprint density at radius 3 is 3.09 bits per heavy atom. The molecule has 0 spiro atoms. The van der Waals surface area contributed by atoms with Crippen molar-refractivity contribution in [1.82, 2.24) is 9.88 Å². The largest absolute Gasteiger partial charge is 0.357 e. The smallest absolute Gasteiger partial charge is 0.0462 e. The van der Waals surface area contributed by atoms with Crippen LogP contribution in [0.25, 0.3) is 10.9 Å². The van der Waals surface area contributed by atoms with Crippen LogP contribution in [-0.4, -0.2) is 35.3 Å². The molecule has 0 amide bonds. The molecule has 1 aromatic heterocycles. The number of aromatic amines is 1. The lowest BCUT2D eigenvalue weighted by Gasteiger charge is -2.44. The number of aromatic nitrogens is 1. The van der Waals surface area contributed by atoms with Gasteiger partial charge in [-0.25, -0.2) is 0 Å². The Labute approximate surface area is 137 Å². The zero-order valence-electron chi connectivity index (χ0n) is 13.7. The Morgan fingerprint density at radius 1 is 1.36 bits per heavy atom. The standard InChI is InChI=1S/C19H26N2S/c1-3-9-21-10-5-7-13-14-6-4-8-16-19(14)15(11-18(13)21)17(20-16)12-22-2/h4,6,8,13,18,20H,3,5,7,9-12H2,1-2H3/t13-,18+/m0/s1. The molecule has 0 unspecified atom stereocenters. The molecule has 1 saturated heterocycles. The molecule has 0 radical (unpaired) electrons. The van der Waals surface area contributed by atoms with Gasteiger partial charge in [0.15, 0.2) is 0 Å². The Hall–Kier alpha value is -0.930. The second-order valence-corrected chi connectivity index (χ2v) is 7.71. The lowest BCUT2D eigenvalue weighted by molar-refractivity contribution is 0.124. The fourth-order valence-corrected chi connectivity index (χ4v) is 5.27. The molecule has 2 nitrogen and oxygen atoms in total. The summed E-state index contributed by atoms with van der Waals surface area (Å²) in [5.74, 6) is 1.85. The molecule has 1 aliphatic carbocycles. The molecule has 22 heavy (non-hydrogen) atoms. The third-order valence-electron chi connectivity index (χ3n) is 5.55. The van der Waals surface area contributed by atoms with E-state index in [0.29, 0.717) is 0 Å². The normalized spacial score (nSPS) is 24.6. The van der Waals surface area contributed by atoms with Crippen molar-refractivity contribution >= 4 is 22.7 Å². The molecule has 1 fully saturated rings. The van der Waals surface area contributed by atoms with Gasteiger partial charge in [-0.2, -0.15) is 11.8 Å². The number of benzene rings is 1. The number of likely N-dealkylation sites (tertiary alicyclic amines) is 1. The van der Waals surface area contributed by atoms with E-state index in [1.165, 1.54) is 50.0 Å². The molecule has 2 aliphatic rings. The summed E-state index contributed by atoms with van der Waals surface area (Å²) in [4.78, 5) is 6.48. The van der Waals surface area contributed by atoms with Gasteiger partial charge < -0.3 is 4.98 Å². The minimum Gasteiger partial charge on any atom is -0.357 e. The molecule has 1 aromatic carbocycles. The van der Waals surface area contributed by atoms with Gasteiger partial charge in [0, 0.05) is 34.3 Å². The van der Waals surface area contributed by atoms with Crippen LogP contribution in [0.4, 0.5) is 0 Å². The van der Waals surface area contributed by atoms with Crippen molar-refractivity contribution in [3.63, 3.8) is 0 Å². The zero-order valence-corrected chi connectivity index (χ0v) is 14.5. The summed E-state index contributed by atoms with van der Waals surface area (Å²) in [5, 5.41) is 1.56. The van der Waals surface area contributed by atoms with Gasteiger partial charge >= 0.3 is 0 Å². The Bertz CT molecular complexity index is 673. The summed E-state index contributed by atoms with van der Waals surface area (Å²) in [6.45, 7) is 4.87. The van der Waals surface area contributed by atoms with Gasteiger partial charge in [0.25, 0.3) is 0 Å². The predicted octanol–water partition coefficient (Wildman–Crippen LogP) is 4.55. The van der Waals surface area contributed by atoms with E-state index in [1.807, 2.05) is 11.8 Å². The van der Waals surface area contributed by atoms with E-state index in [-0.39, 0.29) is 0 Å². The van der Waals surface area contributed by atoms with Crippen molar-refractivity contribution in [1.29, 1.82) is 0 Å². The van der Waals surface area contributed by atoms with Crippen LogP contribution >= 0.6 is 11.8 Å². The summed E-state index contributed by atoms with van der Waals surface area (Å²) in [7, 11) is 0. The fraction of sp³-hybridized carbons (Fsp3) is 0.579. The third-order valence-corrected chi connectivity index (χ3v) is 6.13. The number of rotatable bonds is 4. The molecular weight excluding hydrogens is 288 g/mol. The Kier molecular flexibility index (Phi) is 3.95. The number of thioether (sulfide) groups is 1. The number of nitrogens with one attached hydrogen (secondary N) is 1. The van der Waals surface area contributed by atoms with Gasteiger partial charge in [0.1, 0.15) is 0 Å². The quantitative estimate of drug-likeness (QED) is 0.893. The number of H-pyrrole nitrogens is 1. The summed E-state index contributed by atoms with van der Waals surface area (Å²) >= 11 is 1.93. The highest BCUT2D eigenvalue weighted by Crippen LogP contribution is 2.44. The highest BCUT2D eigenvalue weighted by molar-refractivity contribution is 7.97. The molecule has 0 saturated carbocycles. The lowest BCUT2D eigenvalue weighted by atomic mass is 9.74. The maximum atomic E-state index is 3.71. The van der Waals surface area contributed by atoms with Crippen LogP contribution in [0.3, 0.4) is 0 Å². The fourth-order valence-electron chi connectivity index (χ4n) is 4.74. The zero-order chi connectivity index (χ0) is 15.1. The number of fused-ring (bicyclic) bond motifs is 2. The maximum Gasteiger partial charge on any atom is 0.0462 e. The first-order chi connectivity index (χ1) is 10.8. The van der Waals surface area contributed by atoms with Gasteiger partial charge in [-0.05, 0) is 62.2 Å². The minimum absolute atomic E-state index is 0.725. The van der Waals surface area contributed by atoms with E-state index in [1.54, 1.807) is 16.5 Å². The topological polar surface area (TPSA) is 19.0 Å². The average molecular weight is 314 g/mol. The first-order valence-corrected chi connectivity index (χ1v) is 10.1. The van der Waals surface area contributed by atoms with Gasteiger partial charge in [-0.3, -0.25) is 4.90 Å². The molecule has 118 valence electrons. The second kappa shape index (κ2) is 5.93. The average Bonchev–Trinajstić information content (AvgIpc) is 2.88. The van der Waals surface area contributed by atoms with Crippen molar-refractivity contribution in [3.8, 4) is 0 Å². The van der Waals surface area contributed by atoms with E-state index in [9.17, 15) is 0 Å². The van der Waals surface area contributed by atoms with E-state index in [0.717, 1.165) is 17.7 Å². The van der Waals surface area contributed by atoms with Crippen molar-refractivity contribution in [2.45, 2.75) is 50.3 Å². The highest BCUT2D eigenvalue weighted by atomic mass is 32.2. The van der Waals surface area contributed by atoms with E-state index < -0.39 is 0 Å². The summed E-state index contributed by atoms with van der Waals surface area (Å²) in [6, 6.07) is 7.64. The second-order valence-electron chi connectivity index (χ2n) is 6.84. The maximum absolute atomic E-state index is 3.71.